The molecule has 2 fully saturated rings. The smallest absolute Gasteiger partial charge is 0.0771 e. The topological polar surface area (TPSA) is 32.3 Å². The highest BCUT2D eigenvalue weighted by atomic mass is 16.3. The molecular weight excluding hydrogens is 234 g/mol. The van der Waals surface area contributed by atoms with Crippen LogP contribution in [0, 0.1) is 11.8 Å². The van der Waals surface area contributed by atoms with Crippen LogP contribution in [-0.4, -0.2) is 23.3 Å². The minimum atomic E-state index is -0.411. The first-order chi connectivity index (χ1) is 9.09. The minimum Gasteiger partial charge on any atom is -0.389 e. The molecule has 0 aliphatic heterocycles. The van der Waals surface area contributed by atoms with Crippen molar-refractivity contribution >= 4 is 0 Å². The van der Waals surface area contributed by atoms with Gasteiger partial charge in [-0.05, 0) is 50.4 Å². The van der Waals surface area contributed by atoms with Crippen LogP contribution in [-0.2, 0) is 0 Å². The van der Waals surface area contributed by atoms with Crippen molar-refractivity contribution in [3.8, 4) is 0 Å². The quantitative estimate of drug-likeness (QED) is 0.758. The standard InChI is InChI=1S/C17H33NO/c1-14(2)15-7-9-16(10-8-15)18-13-17(19)11-5-3-4-6-12-17/h14-16,18-19H,3-13H2,1-2H3. The van der Waals surface area contributed by atoms with Gasteiger partial charge in [0.25, 0.3) is 0 Å². The third-order valence-corrected chi connectivity index (χ3v) is 5.47. The molecule has 0 aromatic heterocycles. The third kappa shape index (κ3) is 4.75. The Labute approximate surface area is 119 Å². The average Bonchev–Trinajstić information content (AvgIpc) is 2.62. The molecule has 2 nitrogen and oxygen atoms in total. The van der Waals surface area contributed by atoms with Gasteiger partial charge < -0.3 is 10.4 Å². The zero-order chi connectivity index (χ0) is 13.7. The van der Waals surface area contributed by atoms with Crippen molar-refractivity contribution in [2.75, 3.05) is 6.54 Å². The van der Waals surface area contributed by atoms with E-state index in [4.69, 9.17) is 0 Å². The van der Waals surface area contributed by atoms with Crippen molar-refractivity contribution in [1.29, 1.82) is 0 Å². The van der Waals surface area contributed by atoms with Crippen molar-refractivity contribution < 1.29 is 5.11 Å². The lowest BCUT2D eigenvalue weighted by Crippen LogP contribution is -2.45. The van der Waals surface area contributed by atoms with Crippen LogP contribution < -0.4 is 5.32 Å². The van der Waals surface area contributed by atoms with E-state index in [1.165, 1.54) is 51.4 Å². The van der Waals surface area contributed by atoms with Gasteiger partial charge in [-0.15, -0.1) is 0 Å². The van der Waals surface area contributed by atoms with Crippen molar-refractivity contribution in [2.45, 2.75) is 89.7 Å². The number of rotatable bonds is 4. The average molecular weight is 267 g/mol. The molecule has 0 radical (unpaired) electrons. The van der Waals surface area contributed by atoms with Crippen LogP contribution in [0.4, 0.5) is 0 Å². The summed E-state index contributed by atoms with van der Waals surface area (Å²) < 4.78 is 0. The third-order valence-electron chi connectivity index (χ3n) is 5.47. The SMILES string of the molecule is CC(C)C1CCC(NCC2(O)CCCCCC2)CC1. The highest BCUT2D eigenvalue weighted by Gasteiger charge is 2.30. The molecule has 0 amide bonds. The molecule has 0 spiro atoms. The molecule has 2 heteroatoms. The Morgan fingerprint density at radius 3 is 2.11 bits per heavy atom. The lowest BCUT2D eigenvalue weighted by Gasteiger charge is -2.34. The number of nitrogens with one attached hydrogen (secondary N) is 1. The molecule has 2 N–H and O–H groups in total. The zero-order valence-corrected chi connectivity index (χ0v) is 13.0. The van der Waals surface area contributed by atoms with Crippen LogP contribution in [0.5, 0.6) is 0 Å². The first-order valence-electron chi connectivity index (χ1n) is 8.55. The van der Waals surface area contributed by atoms with Crippen LogP contribution in [0.3, 0.4) is 0 Å². The Bertz CT molecular complexity index is 248. The molecule has 2 aliphatic carbocycles. The second-order valence-electron chi connectivity index (χ2n) is 7.38. The first kappa shape index (κ1) is 15.3. The highest BCUT2D eigenvalue weighted by Crippen LogP contribution is 2.31. The fourth-order valence-corrected chi connectivity index (χ4v) is 3.89. The van der Waals surface area contributed by atoms with Gasteiger partial charge in [0, 0.05) is 12.6 Å². The monoisotopic (exact) mass is 267 g/mol. The van der Waals surface area contributed by atoms with Crippen LogP contribution in [0.15, 0.2) is 0 Å². The maximum absolute atomic E-state index is 10.7. The maximum Gasteiger partial charge on any atom is 0.0771 e. The molecule has 2 aliphatic rings. The fraction of sp³-hybridized carbons (Fsp3) is 1.00. The Kier molecular flexibility index (Phi) is 5.70. The van der Waals surface area contributed by atoms with E-state index in [0.29, 0.717) is 6.04 Å². The lowest BCUT2D eigenvalue weighted by atomic mass is 9.79. The van der Waals surface area contributed by atoms with E-state index >= 15 is 0 Å². The lowest BCUT2D eigenvalue weighted by molar-refractivity contribution is 0.0207. The Hall–Kier alpha value is -0.0800. The molecule has 2 rings (SSSR count). The summed E-state index contributed by atoms with van der Waals surface area (Å²) in [6, 6.07) is 0.655. The maximum atomic E-state index is 10.7. The summed E-state index contributed by atoms with van der Waals surface area (Å²) in [5.74, 6) is 1.77. The molecule has 19 heavy (non-hydrogen) atoms. The van der Waals surface area contributed by atoms with Gasteiger partial charge in [-0.3, -0.25) is 0 Å². The molecular formula is C17H33NO. The van der Waals surface area contributed by atoms with Crippen molar-refractivity contribution in [1.82, 2.24) is 5.32 Å². The summed E-state index contributed by atoms with van der Waals surface area (Å²) in [4.78, 5) is 0. The van der Waals surface area contributed by atoms with Gasteiger partial charge in [0.15, 0.2) is 0 Å². The van der Waals surface area contributed by atoms with Gasteiger partial charge in [-0.1, -0.05) is 39.5 Å². The van der Waals surface area contributed by atoms with Crippen molar-refractivity contribution in [3.05, 3.63) is 0 Å². The summed E-state index contributed by atoms with van der Waals surface area (Å²) in [5.41, 5.74) is -0.411. The molecule has 0 aromatic carbocycles. The van der Waals surface area contributed by atoms with Gasteiger partial charge in [0.05, 0.1) is 5.60 Å². The predicted molar refractivity (Wildman–Crippen MR) is 81.2 cm³/mol. The first-order valence-corrected chi connectivity index (χ1v) is 8.55. The van der Waals surface area contributed by atoms with Gasteiger partial charge in [0.2, 0.25) is 0 Å². The summed E-state index contributed by atoms with van der Waals surface area (Å²) in [6.45, 7) is 5.53. The van der Waals surface area contributed by atoms with Gasteiger partial charge >= 0.3 is 0 Å². The highest BCUT2D eigenvalue weighted by molar-refractivity contribution is 4.86. The zero-order valence-electron chi connectivity index (χ0n) is 13.0. The Morgan fingerprint density at radius 1 is 1.00 bits per heavy atom. The van der Waals surface area contributed by atoms with E-state index in [1.807, 2.05) is 0 Å². The van der Waals surface area contributed by atoms with E-state index < -0.39 is 5.60 Å². The molecule has 0 bridgehead atoms. The number of hydrogen-bond donors (Lipinski definition) is 2. The van der Waals surface area contributed by atoms with E-state index in [-0.39, 0.29) is 0 Å². The molecule has 2 saturated carbocycles. The summed E-state index contributed by atoms with van der Waals surface area (Å²) >= 11 is 0. The van der Waals surface area contributed by atoms with Crippen molar-refractivity contribution in [3.63, 3.8) is 0 Å². The largest absolute Gasteiger partial charge is 0.389 e. The number of hydrogen-bond acceptors (Lipinski definition) is 2. The van der Waals surface area contributed by atoms with E-state index in [1.54, 1.807) is 0 Å². The fourth-order valence-electron chi connectivity index (χ4n) is 3.89. The van der Waals surface area contributed by atoms with E-state index in [0.717, 1.165) is 31.2 Å². The molecule has 0 heterocycles. The van der Waals surface area contributed by atoms with Crippen LogP contribution in [0.2, 0.25) is 0 Å². The summed E-state index contributed by atoms with van der Waals surface area (Å²) in [5, 5.41) is 14.3. The molecule has 0 unspecified atom stereocenters. The van der Waals surface area contributed by atoms with Crippen LogP contribution >= 0.6 is 0 Å². The van der Waals surface area contributed by atoms with Gasteiger partial charge in [0.1, 0.15) is 0 Å². The Balaban J connectivity index is 1.71. The number of aliphatic hydroxyl groups is 1. The normalized spacial score (nSPS) is 32.2. The Morgan fingerprint density at radius 2 is 1.58 bits per heavy atom. The van der Waals surface area contributed by atoms with Gasteiger partial charge in [-0.25, -0.2) is 0 Å². The second-order valence-corrected chi connectivity index (χ2v) is 7.38. The predicted octanol–water partition coefficient (Wildman–Crippen LogP) is 3.88. The van der Waals surface area contributed by atoms with Crippen molar-refractivity contribution in [2.24, 2.45) is 11.8 Å². The molecule has 0 saturated heterocycles. The van der Waals surface area contributed by atoms with Crippen LogP contribution in [0.1, 0.15) is 78.1 Å². The molecule has 0 atom stereocenters. The van der Waals surface area contributed by atoms with E-state index in [2.05, 4.69) is 19.2 Å². The summed E-state index contributed by atoms with van der Waals surface area (Å²) in [6.07, 6.45) is 12.4. The van der Waals surface area contributed by atoms with E-state index in [9.17, 15) is 5.11 Å². The van der Waals surface area contributed by atoms with Gasteiger partial charge in [-0.2, -0.15) is 0 Å². The van der Waals surface area contributed by atoms with Crippen LogP contribution in [0.25, 0.3) is 0 Å². The molecule has 112 valence electrons. The second kappa shape index (κ2) is 7.08. The minimum absolute atomic E-state index is 0.411. The molecule has 0 aromatic rings. The summed E-state index contributed by atoms with van der Waals surface area (Å²) in [7, 11) is 0.